The van der Waals surface area contributed by atoms with Crippen LogP contribution in [0.5, 0.6) is 0 Å². The Morgan fingerprint density at radius 3 is 2.57 bits per heavy atom. The van der Waals surface area contributed by atoms with E-state index in [0.717, 1.165) is 12.8 Å². The standard InChI is InChI=1S/C18H21N7O5/c1-12-3-2-8-23(10-12)18-16(25(29)30)17(19-11-20-18)22-21-15(26)9-13-4-6-14(7-5-13)24(27)28/h4-7,11-12H,2-3,8-10H2,1H3,(H,21,26)(H,19,20,22). The summed E-state index contributed by atoms with van der Waals surface area (Å²) in [6.45, 7) is 3.40. The maximum atomic E-state index is 12.2. The minimum absolute atomic E-state index is 0.0691. The van der Waals surface area contributed by atoms with Gasteiger partial charge in [0.1, 0.15) is 6.33 Å². The highest BCUT2D eigenvalue weighted by atomic mass is 16.6. The van der Waals surface area contributed by atoms with Gasteiger partial charge in [-0.05, 0) is 24.3 Å². The number of carbonyl (C=O) groups is 1. The van der Waals surface area contributed by atoms with Crippen LogP contribution in [-0.4, -0.2) is 38.8 Å². The molecule has 1 amide bonds. The van der Waals surface area contributed by atoms with Crippen molar-refractivity contribution in [1.29, 1.82) is 0 Å². The average Bonchev–Trinajstić information content (AvgIpc) is 2.72. The van der Waals surface area contributed by atoms with Crippen molar-refractivity contribution in [1.82, 2.24) is 15.4 Å². The number of rotatable bonds is 7. The van der Waals surface area contributed by atoms with Crippen LogP contribution in [0.2, 0.25) is 0 Å². The molecule has 1 aromatic carbocycles. The fraction of sp³-hybridized carbons (Fsp3) is 0.389. The molecule has 0 spiro atoms. The molecule has 2 N–H and O–H groups in total. The lowest BCUT2D eigenvalue weighted by atomic mass is 10.0. The summed E-state index contributed by atoms with van der Waals surface area (Å²) >= 11 is 0. The lowest BCUT2D eigenvalue weighted by Gasteiger charge is -2.31. The van der Waals surface area contributed by atoms with Gasteiger partial charge in [-0.15, -0.1) is 0 Å². The van der Waals surface area contributed by atoms with E-state index < -0.39 is 15.8 Å². The topological polar surface area (TPSA) is 156 Å². The molecule has 0 aliphatic carbocycles. The summed E-state index contributed by atoms with van der Waals surface area (Å²) in [7, 11) is 0. The summed E-state index contributed by atoms with van der Waals surface area (Å²) in [6.07, 6.45) is 3.11. The predicted octanol–water partition coefficient (Wildman–Crippen LogP) is 2.22. The van der Waals surface area contributed by atoms with E-state index in [1.165, 1.54) is 30.6 Å². The summed E-state index contributed by atoms with van der Waals surface area (Å²) in [5.74, 6) is 0.0185. The number of nitro groups is 2. The molecule has 0 radical (unpaired) electrons. The first kappa shape index (κ1) is 20.9. The van der Waals surface area contributed by atoms with Crippen molar-refractivity contribution in [2.75, 3.05) is 23.4 Å². The number of non-ortho nitro benzene ring substituents is 1. The third-order valence-electron chi connectivity index (χ3n) is 4.77. The molecule has 0 saturated carbocycles. The van der Waals surface area contributed by atoms with E-state index >= 15 is 0 Å². The molecule has 1 atom stereocenters. The van der Waals surface area contributed by atoms with Crippen molar-refractivity contribution in [2.24, 2.45) is 5.92 Å². The third-order valence-corrected chi connectivity index (χ3v) is 4.77. The molecule has 0 bridgehead atoms. The number of nitro benzene ring substituents is 1. The van der Waals surface area contributed by atoms with Crippen LogP contribution in [0.1, 0.15) is 25.3 Å². The molecule has 12 heteroatoms. The molecule has 158 valence electrons. The highest BCUT2D eigenvalue weighted by molar-refractivity contribution is 5.81. The van der Waals surface area contributed by atoms with Crippen LogP contribution in [0, 0.1) is 26.1 Å². The lowest BCUT2D eigenvalue weighted by molar-refractivity contribution is -0.384. The number of aromatic nitrogens is 2. The quantitative estimate of drug-likeness (QED) is 0.511. The monoisotopic (exact) mass is 415 g/mol. The van der Waals surface area contributed by atoms with Crippen LogP contribution in [0.3, 0.4) is 0 Å². The van der Waals surface area contributed by atoms with Gasteiger partial charge in [-0.1, -0.05) is 19.1 Å². The minimum atomic E-state index is -0.570. The number of carbonyl (C=O) groups excluding carboxylic acids is 1. The Morgan fingerprint density at radius 1 is 1.20 bits per heavy atom. The van der Waals surface area contributed by atoms with Crippen LogP contribution in [0.4, 0.5) is 23.0 Å². The molecular weight excluding hydrogens is 394 g/mol. The Morgan fingerprint density at radius 2 is 1.93 bits per heavy atom. The van der Waals surface area contributed by atoms with Crippen LogP contribution < -0.4 is 15.8 Å². The second kappa shape index (κ2) is 9.11. The van der Waals surface area contributed by atoms with Gasteiger partial charge in [0.05, 0.1) is 16.3 Å². The second-order valence-corrected chi connectivity index (χ2v) is 7.12. The second-order valence-electron chi connectivity index (χ2n) is 7.12. The molecule has 1 fully saturated rings. The van der Waals surface area contributed by atoms with Gasteiger partial charge in [-0.3, -0.25) is 35.9 Å². The molecule has 1 unspecified atom stereocenters. The van der Waals surface area contributed by atoms with E-state index in [9.17, 15) is 25.0 Å². The van der Waals surface area contributed by atoms with Crippen molar-refractivity contribution in [2.45, 2.75) is 26.2 Å². The summed E-state index contributed by atoms with van der Waals surface area (Å²) in [5.41, 5.74) is 5.07. The highest BCUT2D eigenvalue weighted by Crippen LogP contribution is 2.33. The summed E-state index contributed by atoms with van der Waals surface area (Å²) < 4.78 is 0. The van der Waals surface area contributed by atoms with Crippen LogP contribution in [-0.2, 0) is 11.2 Å². The Hall–Kier alpha value is -3.83. The zero-order valence-corrected chi connectivity index (χ0v) is 16.3. The van der Waals surface area contributed by atoms with Crippen molar-refractivity contribution in [3.8, 4) is 0 Å². The van der Waals surface area contributed by atoms with Gasteiger partial charge in [0.25, 0.3) is 5.69 Å². The molecule has 3 rings (SSSR count). The fourth-order valence-electron chi connectivity index (χ4n) is 3.34. The Labute approximate surface area is 171 Å². The van der Waals surface area contributed by atoms with E-state index in [0.29, 0.717) is 24.6 Å². The molecule has 30 heavy (non-hydrogen) atoms. The predicted molar refractivity (Wildman–Crippen MR) is 108 cm³/mol. The fourth-order valence-corrected chi connectivity index (χ4v) is 3.34. The Bertz CT molecular complexity index is 950. The van der Waals surface area contributed by atoms with Gasteiger partial charge < -0.3 is 4.90 Å². The van der Waals surface area contributed by atoms with Gasteiger partial charge in [-0.2, -0.15) is 0 Å². The van der Waals surface area contributed by atoms with Gasteiger partial charge in [0.15, 0.2) is 0 Å². The number of amides is 1. The molecule has 1 aliphatic rings. The van der Waals surface area contributed by atoms with E-state index in [4.69, 9.17) is 0 Å². The van der Waals surface area contributed by atoms with Crippen molar-refractivity contribution < 1.29 is 14.6 Å². The maximum absolute atomic E-state index is 12.2. The van der Waals surface area contributed by atoms with Gasteiger partial charge in [0, 0.05) is 25.2 Å². The molecule has 1 saturated heterocycles. The lowest BCUT2D eigenvalue weighted by Crippen LogP contribution is -2.36. The molecular formula is C18H21N7O5. The molecule has 2 heterocycles. The van der Waals surface area contributed by atoms with Crippen LogP contribution in [0.25, 0.3) is 0 Å². The number of nitrogens with one attached hydrogen (secondary N) is 2. The largest absolute Gasteiger partial charge is 0.355 e. The van der Waals surface area contributed by atoms with E-state index in [1.54, 1.807) is 0 Å². The number of hydrazine groups is 1. The number of nitrogens with zero attached hydrogens (tertiary/aromatic N) is 5. The van der Waals surface area contributed by atoms with Gasteiger partial charge >= 0.3 is 5.69 Å². The first-order valence-corrected chi connectivity index (χ1v) is 9.37. The number of hydrogen-bond acceptors (Lipinski definition) is 9. The number of anilines is 2. The first-order valence-electron chi connectivity index (χ1n) is 9.37. The summed E-state index contributed by atoms with van der Waals surface area (Å²) in [5, 5.41) is 22.4. The maximum Gasteiger partial charge on any atom is 0.355 e. The number of piperidine rings is 1. The highest BCUT2D eigenvalue weighted by Gasteiger charge is 2.29. The molecule has 1 aromatic heterocycles. The molecule has 1 aliphatic heterocycles. The third kappa shape index (κ3) is 4.96. The zero-order valence-electron chi connectivity index (χ0n) is 16.3. The molecule has 2 aromatic rings. The van der Waals surface area contributed by atoms with Gasteiger partial charge in [0.2, 0.25) is 17.5 Å². The summed E-state index contributed by atoms with van der Waals surface area (Å²) in [4.78, 5) is 43.3. The van der Waals surface area contributed by atoms with Crippen molar-refractivity contribution in [3.63, 3.8) is 0 Å². The summed E-state index contributed by atoms with van der Waals surface area (Å²) in [6, 6.07) is 5.55. The SMILES string of the molecule is CC1CCCN(c2ncnc(NNC(=O)Cc3ccc([N+](=O)[O-])cc3)c2[N+](=O)[O-])C1. The van der Waals surface area contributed by atoms with Crippen molar-refractivity contribution >= 4 is 28.9 Å². The zero-order chi connectivity index (χ0) is 21.7. The van der Waals surface area contributed by atoms with E-state index in [1.807, 2.05) is 4.90 Å². The van der Waals surface area contributed by atoms with Crippen LogP contribution in [0.15, 0.2) is 30.6 Å². The Balaban J connectivity index is 1.70. The van der Waals surface area contributed by atoms with Crippen molar-refractivity contribution in [3.05, 3.63) is 56.4 Å². The van der Waals surface area contributed by atoms with E-state index in [-0.39, 0.29) is 29.4 Å². The minimum Gasteiger partial charge on any atom is -0.350 e. The van der Waals surface area contributed by atoms with E-state index in [2.05, 4.69) is 27.7 Å². The first-order chi connectivity index (χ1) is 14.3. The number of benzene rings is 1. The van der Waals surface area contributed by atoms with Gasteiger partial charge in [-0.25, -0.2) is 9.97 Å². The Kier molecular flexibility index (Phi) is 6.35. The van der Waals surface area contributed by atoms with Crippen LogP contribution >= 0.6 is 0 Å². The normalized spacial score (nSPS) is 16.0. The molecule has 12 nitrogen and oxygen atoms in total. The average molecular weight is 415 g/mol. The smallest absolute Gasteiger partial charge is 0.350 e. The number of hydrogen-bond donors (Lipinski definition) is 2.